The first kappa shape index (κ1) is 21.4. The molecule has 4 nitrogen and oxygen atoms in total. The number of nitrogens with one attached hydrogen (secondary N) is 1. The summed E-state index contributed by atoms with van der Waals surface area (Å²) in [6.07, 6.45) is -1.16. The molecule has 0 aliphatic carbocycles. The molecule has 152 valence electrons. The number of nitrogens with zero attached hydrogens (tertiary/aromatic N) is 2. The lowest BCUT2D eigenvalue weighted by Crippen LogP contribution is -2.21. The summed E-state index contributed by atoms with van der Waals surface area (Å²) in [5.74, 6) is 0.516. The van der Waals surface area contributed by atoms with Gasteiger partial charge in [-0.05, 0) is 36.1 Å². The molecule has 3 aromatic rings. The summed E-state index contributed by atoms with van der Waals surface area (Å²) in [5.41, 5.74) is 7.25. The van der Waals surface area contributed by atoms with Gasteiger partial charge in [-0.1, -0.05) is 29.8 Å². The fourth-order valence-electron chi connectivity index (χ4n) is 2.70. The van der Waals surface area contributed by atoms with Gasteiger partial charge in [0.2, 0.25) is 0 Å². The van der Waals surface area contributed by atoms with Crippen LogP contribution < -0.4 is 11.1 Å². The van der Waals surface area contributed by atoms with Gasteiger partial charge in [0.1, 0.15) is 12.1 Å². The Bertz CT molecular complexity index is 980. The number of anilines is 1. The normalized spacial score (nSPS) is 12.6. The first-order chi connectivity index (χ1) is 13.8. The van der Waals surface area contributed by atoms with Crippen molar-refractivity contribution in [1.29, 1.82) is 0 Å². The van der Waals surface area contributed by atoms with Crippen LogP contribution in [0.5, 0.6) is 0 Å². The number of alkyl halides is 3. The van der Waals surface area contributed by atoms with Gasteiger partial charge in [-0.25, -0.2) is 9.97 Å². The van der Waals surface area contributed by atoms with Crippen molar-refractivity contribution in [2.75, 3.05) is 18.1 Å². The van der Waals surface area contributed by atoms with E-state index in [0.29, 0.717) is 23.6 Å². The summed E-state index contributed by atoms with van der Waals surface area (Å²) in [7, 11) is 0. The number of hydrogen-bond acceptors (Lipinski definition) is 5. The standard InChI is InChI=1S/C20H18ClF3N4S/c1-29-14-5-2-12(3-6-14)17(25)10-26-19-9-18(27-11-28-19)13-4-7-15(16(21)8-13)20(22,23)24/h2-9,11,17H,10,25H2,1H3,(H,26,27,28)/t17-/m0/s1. The Morgan fingerprint density at radius 1 is 1.10 bits per heavy atom. The summed E-state index contributed by atoms with van der Waals surface area (Å²) < 4.78 is 38.6. The highest BCUT2D eigenvalue weighted by molar-refractivity contribution is 7.98. The van der Waals surface area contributed by atoms with E-state index in [1.165, 1.54) is 18.5 Å². The summed E-state index contributed by atoms with van der Waals surface area (Å²) in [5, 5.41) is 2.76. The van der Waals surface area contributed by atoms with Gasteiger partial charge in [0, 0.05) is 29.1 Å². The zero-order valence-corrected chi connectivity index (χ0v) is 16.9. The van der Waals surface area contributed by atoms with Gasteiger partial charge < -0.3 is 11.1 Å². The number of hydrogen-bond donors (Lipinski definition) is 2. The Morgan fingerprint density at radius 2 is 1.83 bits per heavy atom. The first-order valence-electron chi connectivity index (χ1n) is 8.60. The lowest BCUT2D eigenvalue weighted by molar-refractivity contribution is -0.137. The van der Waals surface area contributed by atoms with E-state index in [1.54, 1.807) is 17.8 Å². The van der Waals surface area contributed by atoms with Gasteiger partial charge in [-0.2, -0.15) is 13.2 Å². The average Bonchev–Trinajstić information content (AvgIpc) is 2.71. The van der Waals surface area contributed by atoms with E-state index in [4.69, 9.17) is 17.3 Å². The number of aromatic nitrogens is 2. The molecule has 0 saturated heterocycles. The quantitative estimate of drug-likeness (QED) is 0.487. The summed E-state index contributed by atoms with van der Waals surface area (Å²) in [4.78, 5) is 9.42. The second-order valence-corrected chi connectivity index (χ2v) is 7.53. The highest BCUT2D eigenvalue weighted by Crippen LogP contribution is 2.36. The third-order valence-electron chi connectivity index (χ3n) is 4.28. The Labute approximate surface area is 175 Å². The largest absolute Gasteiger partial charge is 0.417 e. The molecule has 0 aliphatic heterocycles. The van der Waals surface area contributed by atoms with E-state index in [0.717, 1.165) is 16.5 Å². The van der Waals surface area contributed by atoms with E-state index in [-0.39, 0.29) is 11.1 Å². The SMILES string of the molecule is CSc1ccc([C@@H](N)CNc2cc(-c3ccc(C(F)(F)F)c(Cl)c3)ncn2)cc1. The molecule has 0 spiro atoms. The molecule has 0 bridgehead atoms. The molecule has 0 saturated carbocycles. The van der Waals surface area contributed by atoms with E-state index < -0.39 is 11.7 Å². The van der Waals surface area contributed by atoms with Crippen molar-refractivity contribution >= 4 is 29.2 Å². The molecule has 0 unspecified atom stereocenters. The lowest BCUT2D eigenvalue weighted by Gasteiger charge is -2.14. The minimum atomic E-state index is -4.50. The maximum Gasteiger partial charge on any atom is 0.417 e. The lowest BCUT2D eigenvalue weighted by atomic mass is 10.1. The first-order valence-corrected chi connectivity index (χ1v) is 10.2. The minimum absolute atomic E-state index is 0.246. The van der Waals surface area contributed by atoms with Crippen LogP contribution in [0.1, 0.15) is 17.2 Å². The number of nitrogens with two attached hydrogens (primary N) is 1. The highest BCUT2D eigenvalue weighted by atomic mass is 35.5. The molecule has 1 heterocycles. The maximum atomic E-state index is 12.9. The molecule has 0 fully saturated rings. The van der Waals surface area contributed by atoms with Gasteiger partial charge in [0.25, 0.3) is 0 Å². The second-order valence-electron chi connectivity index (χ2n) is 6.24. The molecule has 3 rings (SSSR count). The van der Waals surface area contributed by atoms with Crippen molar-refractivity contribution in [3.63, 3.8) is 0 Å². The smallest absolute Gasteiger partial charge is 0.368 e. The maximum absolute atomic E-state index is 12.9. The van der Waals surface area contributed by atoms with Crippen molar-refractivity contribution in [2.45, 2.75) is 17.1 Å². The average molecular weight is 439 g/mol. The molecule has 1 atom stereocenters. The van der Waals surface area contributed by atoms with Crippen LogP contribution in [-0.2, 0) is 6.18 Å². The zero-order chi connectivity index (χ0) is 21.0. The third kappa shape index (κ3) is 5.41. The molecular weight excluding hydrogens is 421 g/mol. The molecule has 0 radical (unpaired) electrons. The van der Waals surface area contributed by atoms with E-state index in [1.807, 2.05) is 30.5 Å². The van der Waals surface area contributed by atoms with Crippen LogP contribution in [0.25, 0.3) is 11.3 Å². The fourth-order valence-corrected chi connectivity index (χ4v) is 3.40. The van der Waals surface area contributed by atoms with Crippen LogP contribution in [0, 0.1) is 0 Å². The van der Waals surface area contributed by atoms with Gasteiger partial charge in [-0.15, -0.1) is 11.8 Å². The molecule has 9 heteroatoms. The van der Waals surface area contributed by atoms with Crippen LogP contribution in [0.3, 0.4) is 0 Å². The Kier molecular flexibility index (Phi) is 6.66. The molecule has 2 aromatic carbocycles. The van der Waals surface area contributed by atoms with Crippen molar-refractivity contribution in [1.82, 2.24) is 9.97 Å². The monoisotopic (exact) mass is 438 g/mol. The molecule has 29 heavy (non-hydrogen) atoms. The fraction of sp³-hybridized carbons (Fsp3) is 0.200. The van der Waals surface area contributed by atoms with Gasteiger partial charge in [-0.3, -0.25) is 0 Å². The highest BCUT2D eigenvalue weighted by Gasteiger charge is 2.33. The number of benzene rings is 2. The van der Waals surface area contributed by atoms with Crippen molar-refractivity contribution in [2.24, 2.45) is 5.73 Å². The second kappa shape index (κ2) is 9.02. The van der Waals surface area contributed by atoms with Crippen LogP contribution in [-0.4, -0.2) is 22.8 Å². The summed E-state index contributed by atoms with van der Waals surface area (Å²) >= 11 is 7.46. The molecule has 0 aliphatic rings. The van der Waals surface area contributed by atoms with Crippen molar-refractivity contribution in [3.05, 3.63) is 71.0 Å². The topological polar surface area (TPSA) is 63.8 Å². The molecule has 0 amide bonds. The van der Waals surface area contributed by atoms with E-state index >= 15 is 0 Å². The Balaban J connectivity index is 1.71. The van der Waals surface area contributed by atoms with Crippen LogP contribution >= 0.6 is 23.4 Å². The van der Waals surface area contributed by atoms with Gasteiger partial charge >= 0.3 is 6.18 Å². The summed E-state index contributed by atoms with van der Waals surface area (Å²) in [6.45, 7) is 0.433. The molecule has 1 aromatic heterocycles. The third-order valence-corrected chi connectivity index (χ3v) is 5.34. The van der Waals surface area contributed by atoms with Gasteiger partial charge in [0.15, 0.2) is 0 Å². The molecule has 3 N–H and O–H groups in total. The van der Waals surface area contributed by atoms with Crippen LogP contribution in [0.15, 0.2) is 59.8 Å². The minimum Gasteiger partial charge on any atom is -0.368 e. The Hall–Kier alpha value is -2.29. The van der Waals surface area contributed by atoms with Crippen LogP contribution in [0.2, 0.25) is 5.02 Å². The predicted molar refractivity (Wildman–Crippen MR) is 111 cm³/mol. The predicted octanol–water partition coefficient (Wildman–Crippen LogP) is 5.65. The zero-order valence-electron chi connectivity index (χ0n) is 15.4. The number of halogens is 4. The van der Waals surface area contributed by atoms with Crippen LogP contribution in [0.4, 0.5) is 19.0 Å². The number of rotatable bonds is 6. The van der Waals surface area contributed by atoms with E-state index in [2.05, 4.69) is 15.3 Å². The Morgan fingerprint density at radius 3 is 2.45 bits per heavy atom. The van der Waals surface area contributed by atoms with Crippen molar-refractivity contribution < 1.29 is 13.2 Å². The van der Waals surface area contributed by atoms with E-state index in [9.17, 15) is 13.2 Å². The van der Waals surface area contributed by atoms with Gasteiger partial charge in [0.05, 0.1) is 16.3 Å². The molecular formula is C20H18ClF3N4S. The number of thioether (sulfide) groups is 1. The van der Waals surface area contributed by atoms with Crippen molar-refractivity contribution in [3.8, 4) is 11.3 Å². The summed E-state index contributed by atoms with van der Waals surface area (Å²) in [6, 6.07) is 12.9.